The van der Waals surface area contributed by atoms with E-state index in [0.717, 1.165) is 18.4 Å². The molecule has 0 spiro atoms. The van der Waals surface area contributed by atoms with E-state index >= 15 is 0 Å². The Hall–Kier alpha value is -1.59. The van der Waals surface area contributed by atoms with Crippen LogP contribution in [0.4, 0.5) is 0 Å². The third kappa shape index (κ3) is 3.35. The molecule has 0 radical (unpaired) electrons. The molecule has 1 saturated carbocycles. The molecule has 2 atom stereocenters. The van der Waals surface area contributed by atoms with E-state index in [1.165, 1.54) is 0 Å². The highest BCUT2D eigenvalue weighted by atomic mass is 35.5. The zero-order valence-electron chi connectivity index (χ0n) is 13.0. The van der Waals surface area contributed by atoms with Gasteiger partial charge in [-0.2, -0.15) is 0 Å². The smallest absolute Gasteiger partial charge is 0.334 e. The van der Waals surface area contributed by atoms with E-state index in [1.807, 2.05) is 24.3 Å². The number of morpholine rings is 1. The Morgan fingerprint density at radius 3 is 2.65 bits per heavy atom. The summed E-state index contributed by atoms with van der Waals surface area (Å²) in [6, 6.07) is 7.56. The molecule has 1 aromatic rings. The van der Waals surface area contributed by atoms with Gasteiger partial charge in [0.2, 0.25) is 5.91 Å². The van der Waals surface area contributed by atoms with Gasteiger partial charge >= 0.3 is 5.97 Å². The molecule has 0 aromatic heterocycles. The fraction of sp³-hybridized carbons (Fsp3) is 0.529. The largest absolute Gasteiger partial charge is 0.479 e. The number of ether oxygens (including phenoxy) is 1. The van der Waals surface area contributed by atoms with Crippen molar-refractivity contribution in [2.24, 2.45) is 5.41 Å². The Balaban J connectivity index is 1.74. The molecule has 1 heterocycles. The zero-order chi connectivity index (χ0) is 16.6. The van der Waals surface area contributed by atoms with E-state index in [4.69, 9.17) is 21.4 Å². The molecule has 1 aliphatic carbocycles. The monoisotopic (exact) mass is 337 g/mol. The van der Waals surface area contributed by atoms with Crippen LogP contribution >= 0.6 is 11.6 Å². The van der Waals surface area contributed by atoms with Crippen molar-refractivity contribution in [2.45, 2.75) is 38.4 Å². The standard InChI is InChI=1S/C17H20ClNO4/c1-11-9-19(10-14(23-11)15(20)21)16(22)17(6-7-17)8-12-4-2-3-5-13(12)18/h2-5,11,14H,6-10H2,1H3,(H,20,21)/t11-,14?/m1/s1. The molecule has 2 aliphatic rings. The van der Waals surface area contributed by atoms with Gasteiger partial charge in [-0.15, -0.1) is 0 Å². The second kappa shape index (κ2) is 6.13. The maximum atomic E-state index is 12.9. The molecular formula is C17H20ClNO4. The van der Waals surface area contributed by atoms with Gasteiger partial charge in [-0.1, -0.05) is 29.8 Å². The van der Waals surface area contributed by atoms with Crippen molar-refractivity contribution in [3.8, 4) is 0 Å². The van der Waals surface area contributed by atoms with Crippen molar-refractivity contribution < 1.29 is 19.4 Å². The topological polar surface area (TPSA) is 66.8 Å². The van der Waals surface area contributed by atoms with Crippen LogP contribution in [-0.2, 0) is 20.7 Å². The Morgan fingerprint density at radius 1 is 1.35 bits per heavy atom. The van der Waals surface area contributed by atoms with E-state index in [2.05, 4.69) is 0 Å². The van der Waals surface area contributed by atoms with Crippen LogP contribution in [-0.4, -0.2) is 47.2 Å². The molecule has 0 bridgehead atoms. The number of rotatable bonds is 4. The Kier molecular flexibility index (Phi) is 4.34. The molecule has 1 N–H and O–H groups in total. The van der Waals surface area contributed by atoms with Crippen LogP contribution in [0.1, 0.15) is 25.3 Å². The van der Waals surface area contributed by atoms with Gasteiger partial charge in [-0.25, -0.2) is 4.79 Å². The minimum absolute atomic E-state index is 0.0267. The van der Waals surface area contributed by atoms with Gasteiger partial charge in [0.1, 0.15) is 0 Å². The summed E-state index contributed by atoms with van der Waals surface area (Å²) in [6.45, 7) is 2.35. The predicted molar refractivity (Wildman–Crippen MR) is 85.4 cm³/mol. The lowest BCUT2D eigenvalue weighted by Crippen LogP contribution is -2.53. The van der Waals surface area contributed by atoms with Crippen molar-refractivity contribution in [1.82, 2.24) is 4.90 Å². The lowest BCUT2D eigenvalue weighted by Gasteiger charge is -2.37. The van der Waals surface area contributed by atoms with Crippen LogP contribution in [0.15, 0.2) is 24.3 Å². The summed E-state index contributed by atoms with van der Waals surface area (Å²) in [5, 5.41) is 9.84. The number of halogens is 1. The first-order valence-electron chi connectivity index (χ1n) is 7.82. The quantitative estimate of drug-likeness (QED) is 0.916. The number of aliphatic carboxylic acids is 1. The van der Waals surface area contributed by atoms with Gasteiger partial charge in [-0.3, -0.25) is 4.79 Å². The normalized spacial score (nSPS) is 25.9. The number of amides is 1. The maximum Gasteiger partial charge on any atom is 0.334 e. The number of hydrogen-bond donors (Lipinski definition) is 1. The van der Waals surface area contributed by atoms with Crippen LogP contribution in [0.5, 0.6) is 0 Å². The van der Waals surface area contributed by atoms with Crippen LogP contribution in [0, 0.1) is 5.41 Å². The third-order valence-corrected chi connectivity index (χ3v) is 4.99. The van der Waals surface area contributed by atoms with Gasteiger partial charge < -0.3 is 14.7 Å². The number of hydrogen-bond acceptors (Lipinski definition) is 3. The predicted octanol–water partition coefficient (Wildman–Crippen LogP) is 2.36. The second-order valence-corrected chi connectivity index (χ2v) is 6.94. The Morgan fingerprint density at radius 2 is 2.04 bits per heavy atom. The highest BCUT2D eigenvalue weighted by Crippen LogP contribution is 2.50. The van der Waals surface area contributed by atoms with Gasteiger partial charge in [0.25, 0.3) is 0 Å². The first-order chi connectivity index (χ1) is 10.9. The molecule has 1 amide bonds. The SMILES string of the molecule is C[C@@H]1CN(C(=O)C2(Cc3ccccc3Cl)CC2)CC(C(=O)O)O1. The highest BCUT2D eigenvalue weighted by Gasteiger charge is 2.52. The minimum atomic E-state index is -1.02. The molecular weight excluding hydrogens is 318 g/mol. The highest BCUT2D eigenvalue weighted by molar-refractivity contribution is 6.31. The molecule has 23 heavy (non-hydrogen) atoms. The average molecular weight is 338 g/mol. The number of carboxylic acids is 1. The number of carbonyl (C=O) groups excluding carboxylic acids is 1. The number of carboxylic acid groups (broad SMARTS) is 1. The molecule has 5 nitrogen and oxygen atoms in total. The summed E-state index contributed by atoms with van der Waals surface area (Å²) in [5.74, 6) is -0.996. The van der Waals surface area contributed by atoms with Crippen molar-refractivity contribution in [3.63, 3.8) is 0 Å². The summed E-state index contributed by atoms with van der Waals surface area (Å²) in [5.41, 5.74) is 0.543. The summed E-state index contributed by atoms with van der Waals surface area (Å²) in [7, 11) is 0. The van der Waals surface area contributed by atoms with Crippen LogP contribution < -0.4 is 0 Å². The van der Waals surface area contributed by atoms with Crippen molar-refractivity contribution in [2.75, 3.05) is 13.1 Å². The Bertz CT molecular complexity index is 629. The molecule has 1 unspecified atom stereocenters. The second-order valence-electron chi connectivity index (χ2n) is 6.53. The molecule has 3 rings (SSSR count). The Labute approximate surface area is 140 Å². The maximum absolute atomic E-state index is 12.9. The van der Waals surface area contributed by atoms with E-state index in [0.29, 0.717) is 18.0 Å². The van der Waals surface area contributed by atoms with Crippen molar-refractivity contribution in [1.29, 1.82) is 0 Å². The van der Waals surface area contributed by atoms with E-state index in [-0.39, 0.29) is 18.6 Å². The van der Waals surface area contributed by atoms with Crippen LogP contribution in [0.25, 0.3) is 0 Å². The summed E-state index contributed by atoms with van der Waals surface area (Å²) in [4.78, 5) is 25.8. The van der Waals surface area contributed by atoms with Gasteiger partial charge in [0, 0.05) is 11.6 Å². The van der Waals surface area contributed by atoms with Gasteiger partial charge in [0.15, 0.2) is 6.10 Å². The first-order valence-corrected chi connectivity index (χ1v) is 8.20. The van der Waals surface area contributed by atoms with Crippen LogP contribution in [0.2, 0.25) is 5.02 Å². The zero-order valence-corrected chi connectivity index (χ0v) is 13.8. The van der Waals surface area contributed by atoms with Crippen molar-refractivity contribution >= 4 is 23.5 Å². The first kappa shape index (κ1) is 16.3. The van der Waals surface area contributed by atoms with E-state index in [1.54, 1.807) is 11.8 Å². The lowest BCUT2D eigenvalue weighted by molar-refractivity contribution is -0.168. The van der Waals surface area contributed by atoms with E-state index < -0.39 is 17.5 Å². The molecule has 2 fully saturated rings. The molecule has 6 heteroatoms. The number of carbonyl (C=O) groups is 2. The number of benzene rings is 1. The molecule has 1 aliphatic heterocycles. The molecule has 1 aromatic carbocycles. The fourth-order valence-corrected chi connectivity index (χ4v) is 3.42. The molecule has 124 valence electrons. The summed E-state index contributed by atoms with van der Waals surface area (Å²) in [6.07, 6.45) is 1.03. The lowest BCUT2D eigenvalue weighted by atomic mass is 9.94. The van der Waals surface area contributed by atoms with Gasteiger partial charge in [-0.05, 0) is 37.8 Å². The summed E-state index contributed by atoms with van der Waals surface area (Å²) >= 11 is 6.21. The fourth-order valence-electron chi connectivity index (χ4n) is 3.21. The van der Waals surface area contributed by atoms with Crippen LogP contribution in [0.3, 0.4) is 0 Å². The van der Waals surface area contributed by atoms with Crippen molar-refractivity contribution in [3.05, 3.63) is 34.9 Å². The average Bonchev–Trinajstić information content (AvgIpc) is 3.29. The number of nitrogens with zero attached hydrogens (tertiary/aromatic N) is 1. The third-order valence-electron chi connectivity index (χ3n) is 4.62. The summed E-state index contributed by atoms with van der Waals surface area (Å²) < 4.78 is 5.38. The molecule has 1 saturated heterocycles. The minimum Gasteiger partial charge on any atom is -0.479 e. The van der Waals surface area contributed by atoms with E-state index in [9.17, 15) is 9.59 Å². The van der Waals surface area contributed by atoms with Gasteiger partial charge in [0.05, 0.1) is 18.1 Å².